The van der Waals surface area contributed by atoms with Crippen LogP contribution < -0.4 is 4.74 Å². The molecule has 7 aromatic rings. The van der Waals surface area contributed by atoms with E-state index < -0.39 is 0 Å². The molecule has 0 unspecified atom stereocenters. The predicted octanol–water partition coefficient (Wildman–Crippen LogP) is 10.6. The maximum absolute atomic E-state index is 6.46. The summed E-state index contributed by atoms with van der Waals surface area (Å²) in [4.78, 5) is 4.83. The molecule has 3 aromatic heterocycles. The second-order valence-electron chi connectivity index (χ2n) is 12.8. The molecule has 0 saturated carbocycles. The zero-order valence-electron chi connectivity index (χ0n) is 28.2. The first kappa shape index (κ1) is 33.4. The van der Waals surface area contributed by atoms with Crippen molar-refractivity contribution in [3.63, 3.8) is 0 Å². The van der Waals surface area contributed by atoms with E-state index in [2.05, 4.69) is 112 Å². The van der Waals surface area contributed by atoms with E-state index in [4.69, 9.17) is 14.8 Å². The Balaban J connectivity index is 0.00000401. The summed E-state index contributed by atoms with van der Waals surface area (Å²) in [5.41, 5.74) is 9.85. The predicted molar refractivity (Wildman–Crippen MR) is 192 cm³/mol. The van der Waals surface area contributed by atoms with E-state index in [1.165, 1.54) is 16.5 Å². The Labute approximate surface area is 297 Å². The van der Waals surface area contributed by atoms with Crippen molar-refractivity contribution in [1.82, 2.24) is 19.3 Å². The molecule has 0 spiro atoms. The number of ether oxygens (including phenoxy) is 1. The number of hydrogen-bond acceptors (Lipinski definition) is 3. The van der Waals surface area contributed by atoms with Crippen LogP contribution in [0.15, 0.2) is 97.2 Å². The molecule has 4 aromatic carbocycles. The SMILES string of the molecule is CCCc1ccnc(-n2c3[c-]c(Oc4[c-]c(-n5nc(C)c(-c6ccccc6)c5C)ccc4)ccc3c3cc(CCC(C)C)ccc32)c1.[Pt+2]. The fourth-order valence-corrected chi connectivity index (χ4v) is 6.54. The van der Waals surface area contributed by atoms with Crippen molar-refractivity contribution in [2.24, 2.45) is 5.92 Å². The van der Waals surface area contributed by atoms with E-state index >= 15 is 0 Å². The number of rotatable bonds is 10. The molecule has 0 bridgehead atoms. The summed E-state index contributed by atoms with van der Waals surface area (Å²) in [6.45, 7) is 10.9. The maximum Gasteiger partial charge on any atom is 2.00 e. The van der Waals surface area contributed by atoms with E-state index in [1.807, 2.05) is 41.2 Å². The number of hydrogen-bond donors (Lipinski definition) is 0. The Morgan fingerprint density at radius 2 is 1.58 bits per heavy atom. The summed E-state index contributed by atoms with van der Waals surface area (Å²) in [5.74, 6) is 2.78. The van der Waals surface area contributed by atoms with Crippen LogP contribution in [0, 0.1) is 31.9 Å². The fourth-order valence-electron chi connectivity index (χ4n) is 6.54. The zero-order valence-corrected chi connectivity index (χ0v) is 30.4. The van der Waals surface area contributed by atoms with Crippen LogP contribution in [0.4, 0.5) is 0 Å². The summed E-state index contributed by atoms with van der Waals surface area (Å²) in [7, 11) is 0. The fraction of sp³-hybridized carbons (Fsp3) is 0.238. The Hall–Kier alpha value is -4.47. The number of pyridine rings is 1. The smallest absolute Gasteiger partial charge is 0.509 e. The monoisotopic (exact) mass is 811 g/mol. The minimum Gasteiger partial charge on any atom is -0.509 e. The van der Waals surface area contributed by atoms with Gasteiger partial charge in [0.15, 0.2) is 0 Å². The Bertz CT molecular complexity index is 2200. The van der Waals surface area contributed by atoms with Crippen molar-refractivity contribution in [3.8, 4) is 34.1 Å². The summed E-state index contributed by atoms with van der Waals surface area (Å²) in [5, 5.41) is 7.22. The average molecular weight is 812 g/mol. The van der Waals surface area contributed by atoms with Gasteiger partial charge in [0.2, 0.25) is 0 Å². The third kappa shape index (κ3) is 6.62. The molecule has 0 aliphatic rings. The number of aromatic nitrogens is 4. The van der Waals surface area contributed by atoms with Crippen LogP contribution in [-0.4, -0.2) is 19.3 Å². The summed E-state index contributed by atoms with van der Waals surface area (Å²) < 4.78 is 10.6. The first-order valence-electron chi connectivity index (χ1n) is 16.7. The number of nitrogens with zero attached hydrogens (tertiary/aromatic N) is 4. The van der Waals surface area contributed by atoms with Crippen molar-refractivity contribution in [2.45, 2.75) is 60.3 Å². The van der Waals surface area contributed by atoms with Gasteiger partial charge in [0.1, 0.15) is 5.82 Å². The van der Waals surface area contributed by atoms with Gasteiger partial charge in [-0.15, -0.1) is 35.7 Å². The van der Waals surface area contributed by atoms with Gasteiger partial charge in [-0.25, -0.2) is 4.98 Å². The van der Waals surface area contributed by atoms with Gasteiger partial charge in [0, 0.05) is 34.5 Å². The Morgan fingerprint density at radius 3 is 2.38 bits per heavy atom. The van der Waals surface area contributed by atoms with Crippen LogP contribution >= 0.6 is 0 Å². The summed E-state index contributed by atoms with van der Waals surface area (Å²) in [6, 6.07) is 38.7. The minimum atomic E-state index is 0. The first-order chi connectivity index (χ1) is 22.9. The van der Waals surface area contributed by atoms with Gasteiger partial charge in [-0.3, -0.25) is 4.68 Å². The normalized spacial score (nSPS) is 11.4. The molecule has 7 rings (SSSR count). The van der Waals surface area contributed by atoms with Gasteiger partial charge >= 0.3 is 21.1 Å². The second-order valence-corrected chi connectivity index (χ2v) is 12.8. The third-order valence-electron chi connectivity index (χ3n) is 8.86. The standard InChI is InChI=1S/C42H40N4O.Pt/c1-6-11-31-22-23-43-41(25-31)45-39-21-18-32(17-16-28(2)3)24-38(39)37-20-19-36(27-40(37)45)47-35-15-10-14-34(26-35)46-30(5)42(29(4)44-46)33-12-8-7-9-13-33;/h7-10,12-15,18-25,28H,6,11,16-17H2,1-5H3;/q-2;+2. The molecule has 3 heterocycles. The minimum absolute atomic E-state index is 0. The van der Waals surface area contributed by atoms with Crippen molar-refractivity contribution in [1.29, 1.82) is 0 Å². The molecule has 0 N–H and O–H groups in total. The molecule has 244 valence electrons. The van der Waals surface area contributed by atoms with E-state index in [1.54, 1.807) is 0 Å². The van der Waals surface area contributed by atoms with Crippen LogP contribution in [-0.2, 0) is 33.9 Å². The van der Waals surface area contributed by atoms with Gasteiger partial charge in [0.25, 0.3) is 0 Å². The molecule has 0 amide bonds. The molecule has 0 fully saturated rings. The van der Waals surface area contributed by atoms with Gasteiger partial charge in [0.05, 0.1) is 5.69 Å². The van der Waals surface area contributed by atoms with Crippen molar-refractivity contribution >= 4 is 21.8 Å². The molecule has 0 aliphatic carbocycles. The van der Waals surface area contributed by atoms with Crippen LogP contribution in [0.2, 0.25) is 0 Å². The van der Waals surface area contributed by atoms with Gasteiger partial charge in [-0.05, 0) is 85.0 Å². The molecule has 0 saturated heterocycles. The Kier molecular flexibility index (Phi) is 9.98. The summed E-state index contributed by atoms with van der Waals surface area (Å²) >= 11 is 0. The molecule has 0 radical (unpaired) electrons. The van der Waals surface area contributed by atoms with Crippen LogP contribution in [0.25, 0.3) is 44.4 Å². The van der Waals surface area contributed by atoms with Gasteiger partial charge < -0.3 is 9.30 Å². The molecular weight excluding hydrogens is 772 g/mol. The molecular formula is C42H40N4OPt. The van der Waals surface area contributed by atoms with Crippen LogP contribution in [0.1, 0.15) is 56.1 Å². The largest absolute Gasteiger partial charge is 2.00 e. The summed E-state index contributed by atoms with van der Waals surface area (Å²) in [6.07, 6.45) is 6.23. The van der Waals surface area contributed by atoms with Crippen molar-refractivity contribution < 1.29 is 25.8 Å². The number of aryl methyl sites for hydroxylation is 3. The van der Waals surface area contributed by atoms with Gasteiger partial charge in [-0.1, -0.05) is 75.2 Å². The van der Waals surface area contributed by atoms with Crippen molar-refractivity contribution in [3.05, 3.63) is 132 Å². The number of benzene rings is 4. The van der Waals surface area contributed by atoms with E-state index in [9.17, 15) is 0 Å². The molecule has 0 atom stereocenters. The average Bonchev–Trinajstić information content (AvgIpc) is 3.56. The van der Waals surface area contributed by atoms with E-state index in [0.717, 1.165) is 76.1 Å². The maximum atomic E-state index is 6.46. The molecule has 6 heteroatoms. The Morgan fingerprint density at radius 1 is 0.792 bits per heavy atom. The van der Waals surface area contributed by atoms with Gasteiger partial charge in [-0.2, -0.15) is 17.2 Å². The van der Waals surface area contributed by atoms with E-state index in [0.29, 0.717) is 17.4 Å². The molecule has 5 nitrogen and oxygen atoms in total. The van der Waals surface area contributed by atoms with Crippen LogP contribution in [0.5, 0.6) is 11.5 Å². The van der Waals surface area contributed by atoms with E-state index in [-0.39, 0.29) is 21.1 Å². The van der Waals surface area contributed by atoms with Crippen LogP contribution in [0.3, 0.4) is 0 Å². The molecule has 0 aliphatic heterocycles. The number of fused-ring (bicyclic) bond motifs is 3. The van der Waals surface area contributed by atoms with Crippen molar-refractivity contribution in [2.75, 3.05) is 0 Å². The second kappa shape index (κ2) is 14.3. The first-order valence-corrected chi connectivity index (χ1v) is 16.7. The third-order valence-corrected chi connectivity index (χ3v) is 8.86. The molecule has 48 heavy (non-hydrogen) atoms. The topological polar surface area (TPSA) is 44.9 Å². The zero-order chi connectivity index (χ0) is 32.5. The quantitative estimate of drug-likeness (QED) is 0.129.